The van der Waals surface area contributed by atoms with Crippen LogP contribution < -0.4 is 0 Å². The summed E-state index contributed by atoms with van der Waals surface area (Å²) in [6.45, 7) is 13.9. The Hall–Kier alpha value is 0.137. The van der Waals surface area contributed by atoms with Crippen LogP contribution in [0.3, 0.4) is 0 Å². The van der Waals surface area contributed by atoms with E-state index in [-0.39, 0.29) is 0 Å². The third-order valence-electron chi connectivity index (χ3n) is 5.55. The highest BCUT2D eigenvalue weighted by atomic mass is 28.4. The summed E-state index contributed by atoms with van der Waals surface area (Å²) in [5.41, 5.74) is 0.696. The molecule has 0 aromatic heterocycles. The summed E-state index contributed by atoms with van der Waals surface area (Å²) in [5, 5.41) is 0. The number of hydrogen-bond donors (Lipinski definition) is 0. The number of rotatable bonds is 10. The van der Waals surface area contributed by atoms with Gasteiger partial charge in [0, 0.05) is 14.2 Å². The van der Waals surface area contributed by atoms with Gasteiger partial charge in [-0.15, -0.1) is 0 Å². The molecule has 0 aromatic rings. The molecular formula is C16H36O2Si. The van der Waals surface area contributed by atoms with Crippen LogP contribution in [0.4, 0.5) is 0 Å². The average molecular weight is 289 g/mol. The summed E-state index contributed by atoms with van der Waals surface area (Å²) < 4.78 is 12.0. The van der Waals surface area contributed by atoms with E-state index in [1.54, 1.807) is 0 Å². The molecule has 0 fully saturated rings. The molecule has 0 rings (SSSR count). The SMILES string of the molecule is CCC(C)(CC)C[Si](CC(C)(CC)CC)(OC)OC. The molecule has 0 atom stereocenters. The minimum absolute atomic E-state index is 0.348. The van der Waals surface area contributed by atoms with Crippen molar-refractivity contribution in [2.45, 2.75) is 79.3 Å². The molecular weight excluding hydrogens is 252 g/mol. The fourth-order valence-electron chi connectivity index (χ4n) is 2.73. The zero-order valence-corrected chi connectivity index (χ0v) is 15.6. The van der Waals surface area contributed by atoms with Crippen molar-refractivity contribution in [1.29, 1.82) is 0 Å². The molecule has 0 bridgehead atoms. The summed E-state index contributed by atoms with van der Waals surface area (Å²) in [6, 6.07) is 2.21. The second-order valence-corrected chi connectivity index (χ2v) is 10.1. The van der Waals surface area contributed by atoms with Crippen LogP contribution in [0.1, 0.15) is 67.2 Å². The van der Waals surface area contributed by atoms with Crippen molar-refractivity contribution in [3.05, 3.63) is 0 Å². The first-order valence-electron chi connectivity index (χ1n) is 7.88. The van der Waals surface area contributed by atoms with Crippen LogP contribution in [0.25, 0.3) is 0 Å². The van der Waals surface area contributed by atoms with Gasteiger partial charge in [0.2, 0.25) is 0 Å². The Kier molecular flexibility index (Phi) is 7.85. The van der Waals surface area contributed by atoms with Crippen LogP contribution in [-0.2, 0) is 8.85 Å². The fourth-order valence-corrected chi connectivity index (χ4v) is 7.20. The minimum atomic E-state index is -2.10. The second-order valence-electron chi connectivity index (χ2n) is 6.71. The lowest BCUT2D eigenvalue weighted by Crippen LogP contribution is -2.47. The van der Waals surface area contributed by atoms with Gasteiger partial charge >= 0.3 is 8.56 Å². The maximum atomic E-state index is 6.00. The maximum Gasteiger partial charge on any atom is 0.338 e. The molecule has 0 aliphatic rings. The molecule has 0 aromatic carbocycles. The smallest absolute Gasteiger partial charge is 0.338 e. The molecule has 0 aliphatic carbocycles. The Morgan fingerprint density at radius 2 is 0.947 bits per heavy atom. The molecule has 0 spiro atoms. The van der Waals surface area contributed by atoms with Crippen LogP contribution >= 0.6 is 0 Å². The summed E-state index contributed by atoms with van der Waals surface area (Å²) >= 11 is 0. The highest BCUT2D eigenvalue weighted by Crippen LogP contribution is 2.43. The number of hydrogen-bond acceptors (Lipinski definition) is 2. The first kappa shape index (κ1) is 19.1. The summed E-state index contributed by atoms with van der Waals surface area (Å²) in [7, 11) is 1.61. The van der Waals surface area contributed by atoms with Gasteiger partial charge in [-0.3, -0.25) is 0 Å². The van der Waals surface area contributed by atoms with E-state index >= 15 is 0 Å². The summed E-state index contributed by atoms with van der Waals surface area (Å²) in [4.78, 5) is 0. The lowest BCUT2D eigenvalue weighted by Gasteiger charge is -2.41. The molecule has 0 saturated carbocycles. The zero-order valence-electron chi connectivity index (χ0n) is 14.6. The van der Waals surface area contributed by atoms with Gasteiger partial charge < -0.3 is 8.85 Å². The van der Waals surface area contributed by atoms with Crippen LogP contribution in [0, 0.1) is 10.8 Å². The Balaban J connectivity index is 5.15. The van der Waals surface area contributed by atoms with Crippen LogP contribution in [0.15, 0.2) is 0 Å². The normalized spacial score (nSPS) is 13.9. The van der Waals surface area contributed by atoms with E-state index < -0.39 is 8.56 Å². The molecule has 0 aliphatic heterocycles. The third kappa shape index (κ3) is 5.20. The van der Waals surface area contributed by atoms with Crippen molar-refractivity contribution in [1.82, 2.24) is 0 Å². The van der Waals surface area contributed by atoms with E-state index in [4.69, 9.17) is 8.85 Å². The highest BCUT2D eigenvalue weighted by molar-refractivity contribution is 6.67. The van der Waals surface area contributed by atoms with E-state index in [1.807, 2.05) is 14.2 Å². The van der Waals surface area contributed by atoms with E-state index in [1.165, 1.54) is 25.7 Å². The predicted octanol–water partition coefficient (Wildman–Crippen LogP) is 5.37. The van der Waals surface area contributed by atoms with Crippen molar-refractivity contribution in [2.75, 3.05) is 14.2 Å². The van der Waals surface area contributed by atoms with E-state index in [2.05, 4.69) is 41.5 Å². The van der Waals surface area contributed by atoms with Crippen molar-refractivity contribution >= 4 is 8.56 Å². The molecule has 0 N–H and O–H groups in total. The van der Waals surface area contributed by atoms with Gasteiger partial charge in [0.25, 0.3) is 0 Å². The molecule has 3 heteroatoms. The fraction of sp³-hybridized carbons (Fsp3) is 1.00. The Bertz CT molecular complexity index is 219. The van der Waals surface area contributed by atoms with E-state index in [0.717, 1.165) is 12.1 Å². The molecule has 2 nitrogen and oxygen atoms in total. The lowest BCUT2D eigenvalue weighted by atomic mass is 9.87. The van der Waals surface area contributed by atoms with Gasteiger partial charge in [-0.05, 0) is 22.9 Å². The quantitative estimate of drug-likeness (QED) is 0.503. The van der Waals surface area contributed by atoms with Crippen molar-refractivity contribution < 1.29 is 8.85 Å². The second kappa shape index (κ2) is 7.80. The monoisotopic (exact) mass is 288 g/mol. The van der Waals surface area contributed by atoms with Gasteiger partial charge in [-0.1, -0.05) is 67.2 Å². The Morgan fingerprint density at radius 1 is 0.684 bits per heavy atom. The minimum Gasteiger partial charge on any atom is -0.398 e. The lowest BCUT2D eigenvalue weighted by molar-refractivity contribution is 0.184. The standard InChI is InChI=1S/C16H36O2Si/c1-9-15(5,10-2)13-19(17-7,18-8)14-16(6,11-3)12-4/h9-14H2,1-8H3. The molecule has 0 unspecified atom stereocenters. The van der Waals surface area contributed by atoms with Crippen LogP contribution in [-0.4, -0.2) is 22.8 Å². The Labute approximate surface area is 122 Å². The van der Waals surface area contributed by atoms with Crippen LogP contribution in [0.2, 0.25) is 12.1 Å². The largest absolute Gasteiger partial charge is 0.398 e. The molecule has 116 valence electrons. The zero-order chi connectivity index (χ0) is 15.2. The third-order valence-corrected chi connectivity index (χ3v) is 9.82. The highest BCUT2D eigenvalue weighted by Gasteiger charge is 2.45. The molecule has 0 amide bonds. The maximum absolute atomic E-state index is 6.00. The van der Waals surface area contributed by atoms with Gasteiger partial charge in [0.05, 0.1) is 0 Å². The van der Waals surface area contributed by atoms with Crippen molar-refractivity contribution in [2.24, 2.45) is 10.8 Å². The van der Waals surface area contributed by atoms with Gasteiger partial charge in [0.15, 0.2) is 0 Å². The van der Waals surface area contributed by atoms with Gasteiger partial charge in [-0.25, -0.2) is 0 Å². The van der Waals surface area contributed by atoms with Gasteiger partial charge in [-0.2, -0.15) is 0 Å². The topological polar surface area (TPSA) is 18.5 Å². The molecule has 0 heterocycles. The first-order valence-corrected chi connectivity index (χ1v) is 10.1. The van der Waals surface area contributed by atoms with Gasteiger partial charge in [0.1, 0.15) is 0 Å². The summed E-state index contributed by atoms with van der Waals surface area (Å²) in [5.74, 6) is 0. The predicted molar refractivity (Wildman–Crippen MR) is 86.8 cm³/mol. The first-order chi connectivity index (χ1) is 8.78. The van der Waals surface area contributed by atoms with E-state index in [9.17, 15) is 0 Å². The average Bonchev–Trinajstić information content (AvgIpc) is 2.46. The van der Waals surface area contributed by atoms with Crippen molar-refractivity contribution in [3.63, 3.8) is 0 Å². The molecule has 0 saturated heterocycles. The van der Waals surface area contributed by atoms with E-state index in [0.29, 0.717) is 10.8 Å². The van der Waals surface area contributed by atoms with Crippen molar-refractivity contribution in [3.8, 4) is 0 Å². The molecule has 19 heavy (non-hydrogen) atoms. The van der Waals surface area contributed by atoms with Crippen LogP contribution in [0.5, 0.6) is 0 Å². The molecule has 0 radical (unpaired) electrons. The summed E-state index contributed by atoms with van der Waals surface area (Å²) in [6.07, 6.45) is 4.78. The Morgan fingerprint density at radius 3 is 1.11 bits per heavy atom.